The summed E-state index contributed by atoms with van der Waals surface area (Å²) in [6.45, 7) is 2.53. The van der Waals surface area contributed by atoms with Crippen LogP contribution in [0.15, 0.2) is 12.1 Å². The zero-order chi connectivity index (χ0) is 13.2. The molecule has 0 saturated heterocycles. The summed E-state index contributed by atoms with van der Waals surface area (Å²) < 4.78 is 0.751. The van der Waals surface area contributed by atoms with Crippen LogP contribution in [-0.2, 0) is 11.3 Å². The third kappa shape index (κ3) is 4.35. The van der Waals surface area contributed by atoms with Crippen molar-refractivity contribution < 1.29 is 4.79 Å². The van der Waals surface area contributed by atoms with E-state index >= 15 is 0 Å². The Bertz CT molecular complexity index is 434. The lowest BCUT2D eigenvalue weighted by Gasteiger charge is -2.37. The summed E-state index contributed by atoms with van der Waals surface area (Å²) in [6.07, 6.45) is 4.03. The second-order valence-corrected chi connectivity index (χ2v) is 7.03. The summed E-state index contributed by atoms with van der Waals surface area (Å²) in [5.74, 6) is 0.00547. The third-order valence-electron chi connectivity index (χ3n) is 3.64. The number of thiophene rings is 1. The maximum atomic E-state index is 12.2. The molecule has 3 nitrogen and oxygen atoms in total. The van der Waals surface area contributed by atoms with E-state index in [-0.39, 0.29) is 29.8 Å². The van der Waals surface area contributed by atoms with E-state index in [0.29, 0.717) is 6.54 Å². The molecule has 0 radical (unpaired) electrons. The van der Waals surface area contributed by atoms with Gasteiger partial charge in [-0.05, 0) is 31.9 Å². The number of carbonyl (C=O) groups is 1. The first-order chi connectivity index (χ1) is 8.49. The van der Waals surface area contributed by atoms with E-state index in [1.165, 1.54) is 11.3 Å². The van der Waals surface area contributed by atoms with Crippen LogP contribution < -0.4 is 11.1 Å². The Kier molecular flexibility index (Phi) is 6.12. The molecule has 0 spiro atoms. The van der Waals surface area contributed by atoms with Gasteiger partial charge in [0.25, 0.3) is 0 Å². The molecule has 1 heterocycles. The summed E-state index contributed by atoms with van der Waals surface area (Å²) in [4.78, 5) is 13.2. The first-order valence-corrected chi connectivity index (χ1v) is 7.49. The standard InChI is InChI=1S/C13H19ClN2OS.ClH/c1-13(15)7-3-2-4-10(13)12(17)16-8-9-5-6-11(14)18-9;/h5-6,10H,2-4,7-8,15H2,1H3,(H,16,17);1H. The minimum absolute atomic E-state index is 0. The second-order valence-electron chi connectivity index (χ2n) is 5.23. The Balaban J connectivity index is 0.00000180. The molecule has 2 atom stereocenters. The van der Waals surface area contributed by atoms with E-state index in [2.05, 4.69) is 5.32 Å². The monoisotopic (exact) mass is 322 g/mol. The fourth-order valence-electron chi connectivity index (χ4n) is 2.53. The summed E-state index contributed by atoms with van der Waals surface area (Å²) >= 11 is 7.35. The summed E-state index contributed by atoms with van der Waals surface area (Å²) in [6, 6.07) is 3.79. The lowest BCUT2D eigenvalue weighted by atomic mass is 9.74. The molecule has 19 heavy (non-hydrogen) atoms. The molecule has 1 aliphatic rings. The van der Waals surface area contributed by atoms with Gasteiger partial charge in [0.15, 0.2) is 0 Å². The van der Waals surface area contributed by atoms with Crippen molar-refractivity contribution in [1.82, 2.24) is 5.32 Å². The van der Waals surface area contributed by atoms with Crippen molar-refractivity contribution in [3.63, 3.8) is 0 Å². The molecule has 1 amide bonds. The van der Waals surface area contributed by atoms with Crippen molar-refractivity contribution in [2.75, 3.05) is 0 Å². The molecule has 1 saturated carbocycles. The van der Waals surface area contributed by atoms with Crippen molar-refractivity contribution in [2.24, 2.45) is 11.7 Å². The van der Waals surface area contributed by atoms with Gasteiger partial charge in [0.2, 0.25) is 5.91 Å². The van der Waals surface area contributed by atoms with Gasteiger partial charge in [-0.15, -0.1) is 23.7 Å². The van der Waals surface area contributed by atoms with Crippen molar-refractivity contribution in [3.8, 4) is 0 Å². The highest BCUT2D eigenvalue weighted by molar-refractivity contribution is 7.16. The second kappa shape index (κ2) is 6.93. The van der Waals surface area contributed by atoms with Crippen molar-refractivity contribution in [3.05, 3.63) is 21.3 Å². The molecular formula is C13H20Cl2N2OS. The van der Waals surface area contributed by atoms with Gasteiger partial charge in [-0.3, -0.25) is 4.79 Å². The third-order valence-corrected chi connectivity index (χ3v) is 4.87. The molecule has 2 rings (SSSR count). The number of hydrogen-bond donors (Lipinski definition) is 2. The highest BCUT2D eigenvalue weighted by Gasteiger charge is 2.37. The largest absolute Gasteiger partial charge is 0.351 e. The maximum Gasteiger partial charge on any atom is 0.225 e. The van der Waals surface area contributed by atoms with Gasteiger partial charge in [0.05, 0.1) is 16.8 Å². The molecule has 6 heteroatoms. The quantitative estimate of drug-likeness (QED) is 0.896. The Labute approximate surface area is 129 Å². The number of halogens is 2. The van der Waals surface area contributed by atoms with Gasteiger partial charge in [0.1, 0.15) is 0 Å². The first-order valence-electron chi connectivity index (χ1n) is 6.30. The zero-order valence-electron chi connectivity index (χ0n) is 10.9. The van der Waals surface area contributed by atoms with E-state index in [1.807, 2.05) is 19.1 Å². The molecule has 1 aromatic rings. The fraction of sp³-hybridized carbons (Fsp3) is 0.615. The van der Waals surface area contributed by atoms with Gasteiger partial charge in [-0.25, -0.2) is 0 Å². The predicted octanol–water partition coefficient (Wildman–Crippen LogP) is 3.35. The molecular weight excluding hydrogens is 303 g/mol. The fourth-order valence-corrected chi connectivity index (χ4v) is 3.56. The van der Waals surface area contributed by atoms with Crippen LogP contribution in [0, 0.1) is 5.92 Å². The van der Waals surface area contributed by atoms with E-state index < -0.39 is 0 Å². The smallest absolute Gasteiger partial charge is 0.225 e. The Morgan fingerprint density at radius 1 is 1.58 bits per heavy atom. The van der Waals surface area contributed by atoms with Crippen LogP contribution in [0.5, 0.6) is 0 Å². The molecule has 1 aromatic heterocycles. The summed E-state index contributed by atoms with van der Waals surface area (Å²) in [5.41, 5.74) is 5.85. The molecule has 1 fully saturated rings. The number of rotatable bonds is 3. The van der Waals surface area contributed by atoms with Crippen LogP contribution >= 0.6 is 35.3 Å². The lowest BCUT2D eigenvalue weighted by Crippen LogP contribution is -2.52. The molecule has 0 aromatic carbocycles. The van der Waals surface area contributed by atoms with Gasteiger partial charge < -0.3 is 11.1 Å². The van der Waals surface area contributed by atoms with E-state index in [9.17, 15) is 4.79 Å². The Hall–Kier alpha value is -0.290. The van der Waals surface area contributed by atoms with Gasteiger partial charge >= 0.3 is 0 Å². The molecule has 2 unspecified atom stereocenters. The number of hydrogen-bond acceptors (Lipinski definition) is 3. The van der Waals surface area contributed by atoms with E-state index in [4.69, 9.17) is 17.3 Å². The van der Waals surface area contributed by atoms with Crippen molar-refractivity contribution in [1.29, 1.82) is 0 Å². The molecule has 108 valence electrons. The van der Waals surface area contributed by atoms with Gasteiger partial charge in [0, 0.05) is 10.4 Å². The SMILES string of the molecule is CC1(N)CCCCC1C(=O)NCc1ccc(Cl)s1.Cl. The molecule has 0 bridgehead atoms. The number of carbonyl (C=O) groups excluding carboxylic acids is 1. The Morgan fingerprint density at radius 2 is 2.32 bits per heavy atom. The summed E-state index contributed by atoms with van der Waals surface area (Å²) in [7, 11) is 0. The minimum Gasteiger partial charge on any atom is -0.351 e. The lowest BCUT2D eigenvalue weighted by molar-refractivity contribution is -0.128. The normalized spacial score (nSPS) is 26.6. The zero-order valence-corrected chi connectivity index (χ0v) is 13.3. The highest BCUT2D eigenvalue weighted by Crippen LogP contribution is 2.31. The van der Waals surface area contributed by atoms with Crippen LogP contribution in [-0.4, -0.2) is 11.4 Å². The predicted molar refractivity (Wildman–Crippen MR) is 83.0 cm³/mol. The van der Waals surface area contributed by atoms with Crippen LogP contribution in [0.1, 0.15) is 37.5 Å². The average molecular weight is 323 g/mol. The number of nitrogens with one attached hydrogen (secondary N) is 1. The Morgan fingerprint density at radius 3 is 2.89 bits per heavy atom. The van der Waals surface area contributed by atoms with Gasteiger partial charge in [-0.2, -0.15) is 0 Å². The average Bonchev–Trinajstić information content (AvgIpc) is 2.71. The van der Waals surface area contributed by atoms with E-state index in [1.54, 1.807) is 0 Å². The number of nitrogens with two attached hydrogens (primary N) is 1. The van der Waals surface area contributed by atoms with Crippen LogP contribution in [0.2, 0.25) is 4.34 Å². The maximum absolute atomic E-state index is 12.2. The minimum atomic E-state index is -0.366. The van der Waals surface area contributed by atoms with E-state index in [0.717, 1.165) is 34.9 Å². The van der Waals surface area contributed by atoms with Crippen molar-refractivity contribution >= 4 is 41.3 Å². The number of amides is 1. The molecule has 3 N–H and O–H groups in total. The summed E-state index contributed by atoms with van der Waals surface area (Å²) in [5, 5.41) is 2.97. The topological polar surface area (TPSA) is 55.1 Å². The molecule has 1 aliphatic carbocycles. The highest BCUT2D eigenvalue weighted by atomic mass is 35.5. The van der Waals surface area contributed by atoms with Crippen LogP contribution in [0.25, 0.3) is 0 Å². The van der Waals surface area contributed by atoms with Crippen LogP contribution in [0.4, 0.5) is 0 Å². The van der Waals surface area contributed by atoms with Gasteiger partial charge in [-0.1, -0.05) is 24.4 Å². The molecule has 0 aliphatic heterocycles. The first kappa shape index (κ1) is 16.8. The van der Waals surface area contributed by atoms with Crippen molar-refractivity contribution in [2.45, 2.75) is 44.7 Å². The van der Waals surface area contributed by atoms with Crippen LogP contribution in [0.3, 0.4) is 0 Å².